The number of hydrogen-bond donors (Lipinski definition) is 2. The van der Waals surface area contributed by atoms with Crippen molar-refractivity contribution >= 4 is 11.9 Å². The third-order valence-electron chi connectivity index (χ3n) is 6.28. The molecule has 0 saturated carbocycles. The Kier molecular flexibility index (Phi) is 9.53. The van der Waals surface area contributed by atoms with Gasteiger partial charge < -0.3 is 20.3 Å². The van der Waals surface area contributed by atoms with Crippen LogP contribution in [-0.2, 0) is 4.74 Å². The number of aliphatic imine (C=N–C) groups is 1. The van der Waals surface area contributed by atoms with Gasteiger partial charge in [-0.2, -0.15) is 0 Å². The van der Waals surface area contributed by atoms with Crippen LogP contribution in [0.25, 0.3) is 0 Å². The molecule has 8 heteroatoms. The van der Waals surface area contributed by atoms with Crippen LogP contribution < -0.4 is 15.5 Å². The Morgan fingerprint density at radius 2 is 1.91 bits per heavy atom. The molecule has 1 aromatic rings. The van der Waals surface area contributed by atoms with E-state index in [1.165, 1.54) is 6.42 Å². The topological polar surface area (TPSA) is 77.9 Å². The van der Waals surface area contributed by atoms with E-state index in [-0.39, 0.29) is 11.5 Å². The van der Waals surface area contributed by atoms with Crippen molar-refractivity contribution < 1.29 is 4.74 Å². The largest absolute Gasteiger partial charge is 0.377 e. The Balaban J connectivity index is 1.38. The van der Waals surface area contributed by atoms with Gasteiger partial charge in [0.1, 0.15) is 0 Å². The maximum absolute atomic E-state index is 6.12. The summed E-state index contributed by atoms with van der Waals surface area (Å²) >= 11 is 0. The monoisotopic (exact) mass is 445 g/mol. The minimum atomic E-state index is 0.156. The molecular weight excluding hydrogens is 402 g/mol. The Bertz CT molecular complexity index is 683. The fraction of sp³-hybridized carbons (Fsp3) is 0.792. The molecule has 1 aromatic heterocycles. The average molecular weight is 446 g/mol. The van der Waals surface area contributed by atoms with Gasteiger partial charge in [0, 0.05) is 70.7 Å². The smallest absolute Gasteiger partial charge is 0.225 e. The number of hydrogen-bond acceptors (Lipinski definition) is 6. The van der Waals surface area contributed by atoms with Crippen LogP contribution in [0.2, 0.25) is 0 Å². The highest BCUT2D eigenvalue weighted by molar-refractivity contribution is 5.79. The fourth-order valence-corrected chi connectivity index (χ4v) is 4.67. The van der Waals surface area contributed by atoms with Gasteiger partial charge in [0.2, 0.25) is 5.95 Å². The number of nitrogens with one attached hydrogen (secondary N) is 2. The number of ether oxygens (including phenoxy) is 1. The van der Waals surface area contributed by atoms with Gasteiger partial charge >= 0.3 is 0 Å². The van der Waals surface area contributed by atoms with Gasteiger partial charge in [-0.05, 0) is 44.2 Å². The summed E-state index contributed by atoms with van der Waals surface area (Å²) in [5.41, 5.74) is 0.156. The van der Waals surface area contributed by atoms with Gasteiger partial charge in [-0.3, -0.25) is 9.89 Å². The van der Waals surface area contributed by atoms with E-state index in [4.69, 9.17) is 9.73 Å². The average Bonchev–Trinajstić information content (AvgIpc) is 2.81. The van der Waals surface area contributed by atoms with E-state index >= 15 is 0 Å². The molecule has 2 N–H and O–H groups in total. The van der Waals surface area contributed by atoms with E-state index in [1.807, 2.05) is 18.5 Å². The van der Waals surface area contributed by atoms with E-state index in [1.54, 1.807) is 0 Å². The molecule has 8 nitrogen and oxygen atoms in total. The molecule has 0 radical (unpaired) electrons. The fourth-order valence-electron chi connectivity index (χ4n) is 4.67. The lowest BCUT2D eigenvalue weighted by molar-refractivity contribution is -0.0823. The normalized spacial score (nSPS) is 23.2. The molecule has 2 aliphatic rings. The molecule has 0 spiro atoms. The number of aromatic nitrogens is 2. The maximum atomic E-state index is 6.12. The zero-order chi connectivity index (χ0) is 22.8. The predicted molar refractivity (Wildman–Crippen MR) is 131 cm³/mol. The van der Waals surface area contributed by atoms with Crippen LogP contribution in [-0.4, -0.2) is 85.9 Å². The van der Waals surface area contributed by atoms with Crippen LogP contribution in [0.3, 0.4) is 0 Å². The Morgan fingerprint density at radius 1 is 1.16 bits per heavy atom. The lowest BCUT2D eigenvalue weighted by Crippen LogP contribution is -2.47. The lowest BCUT2D eigenvalue weighted by atomic mass is 9.78. The zero-order valence-electron chi connectivity index (χ0n) is 20.5. The summed E-state index contributed by atoms with van der Waals surface area (Å²) in [5.74, 6) is 2.26. The summed E-state index contributed by atoms with van der Waals surface area (Å²) in [6.07, 6.45) is 7.35. The summed E-state index contributed by atoms with van der Waals surface area (Å²) in [6.45, 7) is 17.6. The first-order valence-electron chi connectivity index (χ1n) is 12.4. The van der Waals surface area contributed by atoms with E-state index in [9.17, 15) is 0 Å². The summed E-state index contributed by atoms with van der Waals surface area (Å²) in [5, 5.41) is 6.93. The molecule has 32 heavy (non-hydrogen) atoms. The van der Waals surface area contributed by atoms with Gasteiger partial charge in [0.15, 0.2) is 5.96 Å². The van der Waals surface area contributed by atoms with Crippen molar-refractivity contribution in [2.24, 2.45) is 16.3 Å². The van der Waals surface area contributed by atoms with Crippen molar-refractivity contribution in [2.75, 3.05) is 63.9 Å². The van der Waals surface area contributed by atoms with E-state index in [2.05, 4.69) is 58.1 Å². The summed E-state index contributed by atoms with van der Waals surface area (Å²) in [7, 11) is 0. The minimum Gasteiger partial charge on any atom is -0.377 e. The molecule has 0 aromatic carbocycles. The molecule has 2 unspecified atom stereocenters. The van der Waals surface area contributed by atoms with Crippen molar-refractivity contribution in [2.45, 2.75) is 53.1 Å². The molecule has 2 atom stereocenters. The molecule has 180 valence electrons. The Hall–Kier alpha value is -1.93. The number of anilines is 1. The summed E-state index contributed by atoms with van der Waals surface area (Å²) in [6, 6.07) is 1.86. The molecule has 3 rings (SSSR count). The van der Waals surface area contributed by atoms with E-state index in [0.717, 1.165) is 83.7 Å². The second kappa shape index (κ2) is 12.3. The van der Waals surface area contributed by atoms with Crippen molar-refractivity contribution in [1.29, 1.82) is 0 Å². The second-order valence-corrected chi connectivity index (χ2v) is 9.94. The van der Waals surface area contributed by atoms with Crippen LogP contribution in [0.4, 0.5) is 5.95 Å². The Labute approximate surface area is 194 Å². The van der Waals surface area contributed by atoms with Gasteiger partial charge in [0.05, 0.1) is 6.10 Å². The van der Waals surface area contributed by atoms with Crippen LogP contribution in [0.1, 0.15) is 47.0 Å². The van der Waals surface area contributed by atoms with Crippen molar-refractivity contribution in [3.63, 3.8) is 0 Å². The number of piperazine rings is 1. The first-order chi connectivity index (χ1) is 15.5. The van der Waals surface area contributed by atoms with Gasteiger partial charge in [-0.15, -0.1) is 0 Å². The highest BCUT2D eigenvalue weighted by Crippen LogP contribution is 2.34. The first-order valence-corrected chi connectivity index (χ1v) is 12.4. The molecule has 0 bridgehead atoms. The van der Waals surface area contributed by atoms with Crippen molar-refractivity contribution in [3.05, 3.63) is 18.5 Å². The number of rotatable bonds is 8. The van der Waals surface area contributed by atoms with Crippen molar-refractivity contribution in [1.82, 2.24) is 25.5 Å². The quantitative estimate of drug-likeness (QED) is 0.361. The number of guanidine groups is 1. The molecule has 0 amide bonds. The number of nitrogens with zero attached hydrogens (tertiary/aromatic N) is 5. The molecule has 2 fully saturated rings. The van der Waals surface area contributed by atoms with Gasteiger partial charge in [0.25, 0.3) is 0 Å². The molecular formula is C24H43N7O. The predicted octanol–water partition coefficient (Wildman–Crippen LogP) is 2.39. The standard InChI is InChI=1S/C24H43N7O/c1-5-25-22(29-19-20-9-6-18-32-21(20)24(2,3)4)26-12-8-13-30-14-16-31(17-15-30)23-27-10-7-11-28-23/h7,10-11,20-21H,5-6,8-9,12-19H2,1-4H3,(H2,25,26,29). The third-order valence-corrected chi connectivity index (χ3v) is 6.28. The molecule has 2 saturated heterocycles. The van der Waals surface area contributed by atoms with Crippen LogP contribution in [0.15, 0.2) is 23.5 Å². The van der Waals surface area contributed by atoms with E-state index < -0.39 is 0 Å². The summed E-state index contributed by atoms with van der Waals surface area (Å²) < 4.78 is 6.12. The minimum absolute atomic E-state index is 0.156. The van der Waals surface area contributed by atoms with Crippen LogP contribution in [0.5, 0.6) is 0 Å². The maximum Gasteiger partial charge on any atom is 0.225 e. The SMILES string of the molecule is CCNC(=NCC1CCCOC1C(C)(C)C)NCCCN1CCN(c2ncccn2)CC1. The van der Waals surface area contributed by atoms with Gasteiger partial charge in [-0.1, -0.05) is 20.8 Å². The zero-order valence-corrected chi connectivity index (χ0v) is 20.5. The molecule has 0 aliphatic carbocycles. The van der Waals surface area contributed by atoms with E-state index in [0.29, 0.717) is 5.92 Å². The second-order valence-electron chi connectivity index (χ2n) is 9.94. The lowest BCUT2D eigenvalue weighted by Gasteiger charge is -2.39. The highest BCUT2D eigenvalue weighted by Gasteiger charge is 2.35. The first kappa shape index (κ1) is 24.7. The summed E-state index contributed by atoms with van der Waals surface area (Å²) in [4.78, 5) is 18.4. The third kappa shape index (κ3) is 7.59. The van der Waals surface area contributed by atoms with Gasteiger partial charge in [-0.25, -0.2) is 9.97 Å². The highest BCUT2D eigenvalue weighted by atomic mass is 16.5. The molecule has 3 heterocycles. The Morgan fingerprint density at radius 3 is 2.59 bits per heavy atom. The van der Waals surface area contributed by atoms with Crippen molar-refractivity contribution in [3.8, 4) is 0 Å². The van der Waals surface area contributed by atoms with Crippen LogP contribution in [0, 0.1) is 11.3 Å². The molecule has 2 aliphatic heterocycles. The van der Waals surface area contributed by atoms with Crippen LogP contribution >= 0.6 is 0 Å².